The number of fused-ring (bicyclic) bond motifs is 3. The normalized spacial score (nSPS) is 18.8. The van der Waals surface area contributed by atoms with Gasteiger partial charge in [-0.3, -0.25) is 9.69 Å². The van der Waals surface area contributed by atoms with E-state index >= 15 is 0 Å². The number of anilines is 1. The highest BCUT2D eigenvalue weighted by Crippen LogP contribution is 2.32. The van der Waals surface area contributed by atoms with Crippen molar-refractivity contribution >= 4 is 11.6 Å². The van der Waals surface area contributed by atoms with E-state index in [1.165, 1.54) is 23.7 Å². The lowest BCUT2D eigenvalue weighted by Crippen LogP contribution is -2.55. The molecule has 1 amide bonds. The summed E-state index contributed by atoms with van der Waals surface area (Å²) in [5.74, 6) is -2.33. The molecule has 1 fully saturated rings. The first kappa shape index (κ1) is 19.8. The number of amides is 1. The van der Waals surface area contributed by atoms with E-state index in [-0.39, 0.29) is 0 Å². The van der Waals surface area contributed by atoms with E-state index in [9.17, 15) is 13.6 Å². The van der Waals surface area contributed by atoms with Crippen molar-refractivity contribution in [1.29, 1.82) is 0 Å². The minimum Gasteiger partial charge on any atom is -0.366 e. The van der Waals surface area contributed by atoms with E-state index in [0.717, 1.165) is 57.6 Å². The molecule has 0 aliphatic carbocycles. The van der Waals surface area contributed by atoms with Crippen LogP contribution in [0.3, 0.4) is 0 Å². The monoisotopic (exact) mass is 399 g/mol. The van der Waals surface area contributed by atoms with Crippen LogP contribution in [0.2, 0.25) is 0 Å². The molecule has 0 saturated carbocycles. The summed E-state index contributed by atoms with van der Waals surface area (Å²) in [4.78, 5) is 17.0. The van der Waals surface area contributed by atoms with Gasteiger partial charge in [0.1, 0.15) is 17.2 Å². The van der Waals surface area contributed by atoms with Crippen molar-refractivity contribution in [2.45, 2.75) is 31.7 Å². The number of benzene rings is 2. The van der Waals surface area contributed by atoms with Crippen LogP contribution in [0.25, 0.3) is 0 Å². The second-order valence-electron chi connectivity index (χ2n) is 7.87. The average molecular weight is 399 g/mol. The number of para-hydroxylation sites is 1. The molecular formula is C23H27F2N3O. The third-order valence-electron chi connectivity index (χ3n) is 5.99. The fourth-order valence-electron chi connectivity index (χ4n) is 4.48. The molecule has 4 nitrogen and oxygen atoms in total. The molecule has 4 rings (SSSR count). The van der Waals surface area contributed by atoms with Crippen molar-refractivity contribution in [3.8, 4) is 0 Å². The summed E-state index contributed by atoms with van der Waals surface area (Å²) in [6, 6.07) is 12.7. The summed E-state index contributed by atoms with van der Waals surface area (Å²) in [7, 11) is 0. The molecule has 1 unspecified atom stereocenters. The quantitative estimate of drug-likeness (QED) is 0.754. The van der Waals surface area contributed by atoms with Crippen LogP contribution in [0.15, 0.2) is 42.5 Å². The third kappa shape index (κ3) is 4.42. The summed E-state index contributed by atoms with van der Waals surface area (Å²) in [6.45, 7) is 4.56. The lowest BCUT2D eigenvalue weighted by molar-refractivity contribution is 0.0944. The largest absolute Gasteiger partial charge is 0.366 e. The zero-order valence-corrected chi connectivity index (χ0v) is 16.5. The molecular weight excluding hydrogens is 372 g/mol. The number of halogens is 2. The second-order valence-corrected chi connectivity index (χ2v) is 7.87. The molecule has 6 heteroatoms. The molecule has 154 valence electrons. The van der Waals surface area contributed by atoms with Crippen molar-refractivity contribution < 1.29 is 13.6 Å². The van der Waals surface area contributed by atoms with Crippen molar-refractivity contribution in [1.82, 2.24) is 10.2 Å². The minimum atomic E-state index is -0.825. The SMILES string of the molecule is O=C(NCCCCN1CCN2c3ccccc3CCC2C1)c1c(F)cccc1F. The summed E-state index contributed by atoms with van der Waals surface area (Å²) in [5, 5.41) is 2.63. The van der Waals surface area contributed by atoms with Gasteiger partial charge >= 0.3 is 0 Å². The zero-order chi connectivity index (χ0) is 20.2. The summed E-state index contributed by atoms with van der Waals surface area (Å²) < 4.78 is 27.3. The maximum absolute atomic E-state index is 13.6. The van der Waals surface area contributed by atoms with Gasteiger partial charge in [0.05, 0.1) is 0 Å². The van der Waals surface area contributed by atoms with Crippen LogP contribution in [-0.4, -0.2) is 49.6 Å². The van der Waals surface area contributed by atoms with Gasteiger partial charge in [-0.25, -0.2) is 8.78 Å². The summed E-state index contributed by atoms with van der Waals surface area (Å²) in [6.07, 6.45) is 4.07. The predicted molar refractivity (Wildman–Crippen MR) is 110 cm³/mol. The molecule has 1 N–H and O–H groups in total. The van der Waals surface area contributed by atoms with Crippen LogP contribution in [0.5, 0.6) is 0 Å². The molecule has 1 atom stereocenters. The Morgan fingerprint density at radius 2 is 1.83 bits per heavy atom. The van der Waals surface area contributed by atoms with Crippen LogP contribution >= 0.6 is 0 Å². The highest BCUT2D eigenvalue weighted by atomic mass is 19.1. The van der Waals surface area contributed by atoms with Crippen molar-refractivity contribution in [3.05, 3.63) is 65.2 Å². The number of nitrogens with zero attached hydrogens (tertiary/aromatic N) is 2. The van der Waals surface area contributed by atoms with Crippen molar-refractivity contribution in [3.63, 3.8) is 0 Å². The molecule has 0 radical (unpaired) electrons. The first-order valence-electron chi connectivity index (χ1n) is 10.4. The van der Waals surface area contributed by atoms with Crippen molar-refractivity contribution in [2.75, 3.05) is 37.6 Å². The van der Waals surface area contributed by atoms with E-state index in [1.807, 2.05) is 0 Å². The Kier molecular flexibility index (Phi) is 6.09. The molecule has 1 saturated heterocycles. The van der Waals surface area contributed by atoms with E-state index in [4.69, 9.17) is 0 Å². The molecule has 2 aliphatic rings. The third-order valence-corrected chi connectivity index (χ3v) is 5.99. The first-order chi connectivity index (χ1) is 14.1. The molecule has 0 aromatic heterocycles. The molecule has 0 spiro atoms. The van der Waals surface area contributed by atoms with Crippen LogP contribution in [0.4, 0.5) is 14.5 Å². The maximum atomic E-state index is 13.6. The minimum absolute atomic E-state index is 0.420. The number of rotatable bonds is 6. The summed E-state index contributed by atoms with van der Waals surface area (Å²) >= 11 is 0. The number of aryl methyl sites for hydroxylation is 1. The molecule has 0 bridgehead atoms. The Bertz CT molecular complexity index is 853. The number of hydrogen-bond acceptors (Lipinski definition) is 3. The predicted octanol–water partition coefficient (Wildman–Crippen LogP) is 3.61. The lowest BCUT2D eigenvalue weighted by Gasteiger charge is -2.46. The second kappa shape index (κ2) is 8.91. The first-order valence-corrected chi connectivity index (χ1v) is 10.4. The highest BCUT2D eigenvalue weighted by molar-refractivity contribution is 5.94. The van der Waals surface area contributed by atoms with Crippen LogP contribution in [0.1, 0.15) is 35.2 Å². The zero-order valence-electron chi connectivity index (χ0n) is 16.5. The van der Waals surface area contributed by atoms with Crippen LogP contribution in [-0.2, 0) is 6.42 Å². The number of nitrogens with one attached hydrogen (secondary N) is 1. The van der Waals surface area contributed by atoms with E-state index in [1.54, 1.807) is 0 Å². The number of hydrogen-bond donors (Lipinski definition) is 1. The van der Waals surface area contributed by atoms with Gasteiger partial charge in [-0.15, -0.1) is 0 Å². The Labute approximate surface area is 170 Å². The number of piperazine rings is 1. The number of carbonyl (C=O) groups excluding carboxylic acids is 1. The summed E-state index contributed by atoms with van der Waals surface area (Å²) in [5.41, 5.74) is 2.35. The van der Waals surface area contributed by atoms with Gasteiger partial charge < -0.3 is 10.2 Å². The van der Waals surface area contributed by atoms with Crippen LogP contribution < -0.4 is 10.2 Å². The number of unbranched alkanes of at least 4 members (excludes halogenated alkanes) is 1. The van der Waals surface area contributed by atoms with Gasteiger partial charge in [0.25, 0.3) is 5.91 Å². The molecule has 29 heavy (non-hydrogen) atoms. The van der Waals surface area contributed by atoms with E-state index < -0.39 is 23.1 Å². The average Bonchev–Trinajstić information content (AvgIpc) is 2.73. The van der Waals surface area contributed by atoms with Gasteiger partial charge in [0.2, 0.25) is 0 Å². The van der Waals surface area contributed by atoms with Gasteiger partial charge in [-0.05, 0) is 56.0 Å². The smallest absolute Gasteiger partial charge is 0.257 e. The van der Waals surface area contributed by atoms with Gasteiger partial charge in [-0.1, -0.05) is 24.3 Å². The Morgan fingerprint density at radius 1 is 1.03 bits per heavy atom. The van der Waals surface area contributed by atoms with Gasteiger partial charge in [0.15, 0.2) is 0 Å². The molecule has 2 aromatic rings. The Balaban J connectivity index is 1.19. The molecule has 2 heterocycles. The van der Waals surface area contributed by atoms with Crippen molar-refractivity contribution in [2.24, 2.45) is 0 Å². The number of carbonyl (C=O) groups is 1. The van der Waals surface area contributed by atoms with Crippen LogP contribution in [0, 0.1) is 11.6 Å². The highest BCUT2D eigenvalue weighted by Gasteiger charge is 2.31. The van der Waals surface area contributed by atoms with Gasteiger partial charge in [-0.2, -0.15) is 0 Å². The van der Waals surface area contributed by atoms with Gasteiger partial charge in [0, 0.05) is 37.9 Å². The lowest BCUT2D eigenvalue weighted by atomic mass is 9.94. The van der Waals surface area contributed by atoms with E-state index in [0.29, 0.717) is 12.6 Å². The maximum Gasteiger partial charge on any atom is 0.257 e. The fraction of sp³-hybridized carbons (Fsp3) is 0.435. The molecule has 2 aliphatic heterocycles. The fourth-order valence-corrected chi connectivity index (χ4v) is 4.48. The Morgan fingerprint density at radius 3 is 2.66 bits per heavy atom. The van der Waals surface area contributed by atoms with E-state index in [2.05, 4.69) is 39.4 Å². The Hall–Kier alpha value is -2.47. The topological polar surface area (TPSA) is 35.6 Å². The molecule has 2 aromatic carbocycles. The standard InChI is InChI=1S/C23H27F2N3O/c24-19-7-5-8-20(25)22(19)23(29)26-12-3-4-13-27-14-15-28-18(16-27)11-10-17-6-1-2-9-21(17)28/h1-2,5-9,18H,3-4,10-16H2,(H,26,29).